The number of aryl methyl sites for hydroxylation is 1. The third-order valence-corrected chi connectivity index (χ3v) is 7.22. The molecule has 1 aliphatic carbocycles. The lowest BCUT2D eigenvalue weighted by molar-refractivity contribution is -0.387. The fraction of sp³-hybridized carbons (Fsp3) is 0.276. The topological polar surface area (TPSA) is 105 Å². The molecule has 41 heavy (non-hydrogen) atoms. The molecule has 1 fully saturated rings. The molecule has 1 saturated carbocycles. The molecular formula is C29H26F3N5O4. The van der Waals surface area contributed by atoms with Crippen LogP contribution >= 0.6 is 0 Å². The van der Waals surface area contributed by atoms with Gasteiger partial charge in [-0.3, -0.25) is 28.7 Å². The van der Waals surface area contributed by atoms with Gasteiger partial charge in [0.15, 0.2) is 0 Å². The van der Waals surface area contributed by atoms with Crippen LogP contribution in [-0.4, -0.2) is 23.8 Å². The predicted molar refractivity (Wildman–Crippen MR) is 146 cm³/mol. The quantitative estimate of drug-likeness (QED) is 0.202. The Bertz CT molecular complexity index is 1720. The highest BCUT2D eigenvalue weighted by Gasteiger charge is 2.33. The van der Waals surface area contributed by atoms with Crippen LogP contribution in [0.4, 0.5) is 18.9 Å². The molecule has 0 atom stereocenters. The molecule has 9 nitrogen and oxygen atoms in total. The molecule has 0 saturated heterocycles. The van der Waals surface area contributed by atoms with E-state index >= 15 is 0 Å². The number of alkyl halides is 3. The van der Waals surface area contributed by atoms with Gasteiger partial charge >= 0.3 is 23.1 Å². The van der Waals surface area contributed by atoms with Gasteiger partial charge in [0.05, 0.1) is 23.2 Å². The SMILES string of the molecule is O=c1c([N+](=O)[O-])c(C=Cc2cnn(Cc3ccccc3C(F)(F)F)c2)n(CCc2ccccc2)c(=O)n1C1CCC1. The van der Waals surface area contributed by atoms with Gasteiger partial charge in [-0.1, -0.05) is 48.5 Å². The average molecular weight is 566 g/mol. The van der Waals surface area contributed by atoms with Crippen LogP contribution in [0.15, 0.2) is 76.6 Å². The van der Waals surface area contributed by atoms with Crippen molar-refractivity contribution in [1.29, 1.82) is 0 Å². The van der Waals surface area contributed by atoms with Crippen LogP contribution in [-0.2, 0) is 25.7 Å². The minimum absolute atomic E-state index is 0.0311. The molecule has 212 valence electrons. The summed E-state index contributed by atoms with van der Waals surface area (Å²) in [6, 6.07) is 14.1. The van der Waals surface area contributed by atoms with Gasteiger partial charge in [-0.25, -0.2) is 4.79 Å². The summed E-state index contributed by atoms with van der Waals surface area (Å²) in [4.78, 5) is 38.1. The Labute approximate surface area is 231 Å². The van der Waals surface area contributed by atoms with Gasteiger partial charge in [0.1, 0.15) is 5.69 Å². The maximum absolute atomic E-state index is 13.5. The summed E-state index contributed by atoms with van der Waals surface area (Å²) in [6.07, 6.45) is 3.54. The zero-order chi connectivity index (χ0) is 29.1. The number of nitro groups is 1. The Kier molecular flexibility index (Phi) is 7.73. The summed E-state index contributed by atoms with van der Waals surface area (Å²) in [7, 11) is 0. The van der Waals surface area contributed by atoms with Crippen LogP contribution in [0.25, 0.3) is 12.2 Å². The Hall–Kier alpha value is -4.74. The Morgan fingerprint density at radius 3 is 2.39 bits per heavy atom. The van der Waals surface area contributed by atoms with Crippen molar-refractivity contribution in [3.8, 4) is 0 Å². The summed E-state index contributed by atoms with van der Waals surface area (Å²) in [5, 5.41) is 16.3. The lowest BCUT2D eigenvalue weighted by Gasteiger charge is -2.27. The first-order valence-corrected chi connectivity index (χ1v) is 13.1. The molecule has 0 unspecified atom stereocenters. The number of halogens is 3. The smallest absolute Gasteiger partial charge is 0.287 e. The zero-order valence-electron chi connectivity index (χ0n) is 21.8. The van der Waals surface area contributed by atoms with Crippen LogP contribution in [0.5, 0.6) is 0 Å². The van der Waals surface area contributed by atoms with Crippen LogP contribution in [0, 0.1) is 10.1 Å². The molecule has 0 N–H and O–H groups in total. The third kappa shape index (κ3) is 5.91. The Morgan fingerprint density at radius 2 is 1.73 bits per heavy atom. The molecule has 4 aromatic rings. The fourth-order valence-corrected chi connectivity index (χ4v) is 4.92. The number of benzene rings is 2. The lowest BCUT2D eigenvalue weighted by atomic mass is 9.93. The number of rotatable bonds is 9. The molecule has 1 aliphatic rings. The van der Waals surface area contributed by atoms with Gasteiger partial charge in [0.2, 0.25) is 0 Å². The maximum Gasteiger partial charge on any atom is 0.416 e. The number of nitrogens with zero attached hydrogens (tertiary/aromatic N) is 5. The summed E-state index contributed by atoms with van der Waals surface area (Å²) in [5.74, 6) is 0. The largest absolute Gasteiger partial charge is 0.416 e. The predicted octanol–water partition coefficient (Wildman–Crippen LogP) is 5.32. The summed E-state index contributed by atoms with van der Waals surface area (Å²) >= 11 is 0. The first-order valence-electron chi connectivity index (χ1n) is 13.1. The van der Waals surface area contributed by atoms with Crippen LogP contribution in [0.2, 0.25) is 0 Å². The van der Waals surface area contributed by atoms with Gasteiger partial charge in [0, 0.05) is 24.3 Å². The Balaban J connectivity index is 1.52. The van der Waals surface area contributed by atoms with E-state index in [9.17, 15) is 32.9 Å². The molecule has 0 amide bonds. The van der Waals surface area contributed by atoms with E-state index in [1.807, 2.05) is 30.3 Å². The minimum Gasteiger partial charge on any atom is -0.287 e. The second-order valence-electron chi connectivity index (χ2n) is 9.88. The van der Waals surface area contributed by atoms with Crippen molar-refractivity contribution in [2.45, 2.75) is 51.0 Å². The second kappa shape index (κ2) is 11.4. The van der Waals surface area contributed by atoms with E-state index in [1.165, 1.54) is 52.0 Å². The van der Waals surface area contributed by atoms with E-state index < -0.39 is 33.6 Å². The maximum atomic E-state index is 13.5. The standard InChI is InChI=1S/C29H26F3N5O4/c30-29(31,32)24-12-5-4-9-22(24)19-34-18-21(17-33-34)13-14-25-26(37(40)41)27(38)36(23-10-6-11-23)28(39)35(25)16-15-20-7-2-1-3-8-20/h1-5,7-9,12-14,17-18,23H,6,10-11,15-16,19H2. The van der Waals surface area contributed by atoms with E-state index in [-0.39, 0.29) is 30.4 Å². The van der Waals surface area contributed by atoms with E-state index in [0.29, 0.717) is 24.8 Å². The second-order valence-corrected chi connectivity index (χ2v) is 9.88. The summed E-state index contributed by atoms with van der Waals surface area (Å²) < 4.78 is 43.8. The van der Waals surface area contributed by atoms with Crippen molar-refractivity contribution in [1.82, 2.24) is 18.9 Å². The normalized spacial score (nSPS) is 13.9. The van der Waals surface area contributed by atoms with Gasteiger partial charge in [-0.15, -0.1) is 0 Å². The molecule has 0 spiro atoms. The van der Waals surface area contributed by atoms with Crippen molar-refractivity contribution in [3.63, 3.8) is 0 Å². The van der Waals surface area contributed by atoms with E-state index in [0.717, 1.165) is 22.6 Å². The van der Waals surface area contributed by atoms with Crippen molar-refractivity contribution in [3.05, 3.63) is 126 Å². The zero-order valence-corrected chi connectivity index (χ0v) is 21.8. The molecule has 5 rings (SSSR count). The Morgan fingerprint density at radius 1 is 1.02 bits per heavy atom. The summed E-state index contributed by atoms with van der Waals surface area (Å²) in [6.45, 7) is -0.0489. The number of aromatic nitrogens is 4. The highest BCUT2D eigenvalue weighted by Crippen LogP contribution is 2.32. The molecule has 0 aliphatic heterocycles. The number of hydrogen-bond acceptors (Lipinski definition) is 5. The molecular weight excluding hydrogens is 539 g/mol. The molecule has 2 heterocycles. The highest BCUT2D eigenvalue weighted by molar-refractivity contribution is 5.71. The molecule has 0 bridgehead atoms. The van der Waals surface area contributed by atoms with Gasteiger partial charge in [0.25, 0.3) is 0 Å². The average Bonchev–Trinajstić information content (AvgIpc) is 3.35. The first-order chi connectivity index (χ1) is 19.6. The number of hydrogen-bond donors (Lipinski definition) is 0. The lowest BCUT2D eigenvalue weighted by Crippen LogP contribution is -2.46. The molecule has 2 aromatic carbocycles. The van der Waals surface area contributed by atoms with E-state index in [4.69, 9.17) is 0 Å². The molecule has 0 radical (unpaired) electrons. The minimum atomic E-state index is -4.52. The monoisotopic (exact) mass is 565 g/mol. The molecule has 2 aromatic heterocycles. The van der Waals surface area contributed by atoms with Crippen LogP contribution in [0.1, 0.15) is 53.3 Å². The van der Waals surface area contributed by atoms with Crippen molar-refractivity contribution < 1.29 is 18.1 Å². The van der Waals surface area contributed by atoms with Crippen molar-refractivity contribution >= 4 is 17.8 Å². The molecule has 12 heteroatoms. The third-order valence-electron chi connectivity index (χ3n) is 7.22. The van der Waals surface area contributed by atoms with E-state index in [2.05, 4.69) is 5.10 Å². The van der Waals surface area contributed by atoms with Crippen molar-refractivity contribution in [2.24, 2.45) is 0 Å². The highest BCUT2D eigenvalue weighted by atomic mass is 19.4. The first kappa shape index (κ1) is 27.8. The van der Waals surface area contributed by atoms with Crippen LogP contribution < -0.4 is 11.2 Å². The van der Waals surface area contributed by atoms with Crippen molar-refractivity contribution in [2.75, 3.05) is 0 Å². The van der Waals surface area contributed by atoms with Gasteiger partial charge < -0.3 is 0 Å². The van der Waals surface area contributed by atoms with Crippen LogP contribution in [0.3, 0.4) is 0 Å². The van der Waals surface area contributed by atoms with Gasteiger partial charge in [-0.2, -0.15) is 18.3 Å². The fourth-order valence-electron chi connectivity index (χ4n) is 4.92. The van der Waals surface area contributed by atoms with E-state index in [1.54, 1.807) is 0 Å². The summed E-state index contributed by atoms with van der Waals surface area (Å²) in [5.41, 5.74) is -1.80. The van der Waals surface area contributed by atoms with Gasteiger partial charge in [-0.05, 0) is 55.0 Å².